The van der Waals surface area contributed by atoms with Crippen molar-refractivity contribution < 1.29 is 4.74 Å². The maximum absolute atomic E-state index is 5.71. The average molecular weight is 169 g/mol. The van der Waals surface area contributed by atoms with Gasteiger partial charge in [-0.15, -0.1) is 0 Å². The van der Waals surface area contributed by atoms with E-state index >= 15 is 0 Å². The van der Waals surface area contributed by atoms with E-state index in [1.165, 1.54) is 25.7 Å². The maximum Gasteiger partial charge on any atom is 0.0731 e. The topological polar surface area (TPSA) is 21.3 Å². The Kier molecular flexibility index (Phi) is 2.66. The molecule has 1 aliphatic carbocycles. The molecule has 1 saturated heterocycles. The molecule has 1 aliphatic heterocycles. The van der Waals surface area contributed by atoms with Crippen molar-refractivity contribution in [3.05, 3.63) is 0 Å². The van der Waals surface area contributed by atoms with Crippen LogP contribution in [0.15, 0.2) is 0 Å². The van der Waals surface area contributed by atoms with Crippen LogP contribution < -0.4 is 5.32 Å². The fraction of sp³-hybridized carbons (Fsp3) is 1.00. The molecule has 0 amide bonds. The molecule has 0 spiro atoms. The van der Waals surface area contributed by atoms with Crippen LogP contribution in [0.5, 0.6) is 0 Å². The minimum atomic E-state index is 0.525. The Hall–Kier alpha value is -0.0800. The van der Waals surface area contributed by atoms with Crippen LogP contribution in [-0.2, 0) is 4.74 Å². The first kappa shape index (κ1) is 8.52. The molecule has 1 saturated carbocycles. The molecule has 0 aromatic rings. The zero-order valence-corrected chi connectivity index (χ0v) is 7.88. The highest BCUT2D eigenvalue weighted by atomic mass is 16.5. The minimum Gasteiger partial charge on any atom is -0.377 e. The highest BCUT2D eigenvalue weighted by Crippen LogP contribution is 2.36. The van der Waals surface area contributed by atoms with Crippen molar-refractivity contribution in [1.29, 1.82) is 0 Å². The summed E-state index contributed by atoms with van der Waals surface area (Å²) >= 11 is 0. The Morgan fingerprint density at radius 3 is 2.75 bits per heavy atom. The summed E-state index contributed by atoms with van der Waals surface area (Å²) in [5, 5.41) is 3.56. The number of likely N-dealkylation sites (N-methyl/N-ethyl adjacent to an activating group) is 1. The van der Waals surface area contributed by atoms with Crippen molar-refractivity contribution in [2.24, 2.45) is 5.92 Å². The predicted molar refractivity (Wildman–Crippen MR) is 49.2 cm³/mol. The van der Waals surface area contributed by atoms with Gasteiger partial charge in [-0.05, 0) is 38.1 Å². The van der Waals surface area contributed by atoms with E-state index in [0.717, 1.165) is 19.1 Å². The van der Waals surface area contributed by atoms with Gasteiger partial charge in [0, 0.05) is 12.6 Å². The Balaban J connectivity index is 1.85. The average Bonchev–Trinajstić information content (AvgIpc) is 2.77. The molecule has 2 fully saturated rings. The molecule has 2 atom stereocenters. The largest absolute Gasteiger partial charge is 0.377 e. The molecule has 70 valence electrons. The first-order chi connectivity index (χ1) is 5.92. The summed E-state index contributed by atoms with van der Waals surface area (Å²) in [5.74, 6) is 0.924. The number of nitrogens with one attached hydrogen (secondary N) is 1. The molecule has 2 aliphatic rings. The van der Waals surface area contributed by atoms with E-state index in [4.69, 9.17) is 4.74 Å². The van der Waals surface area contributed by atoms with E-state index in [-0.39, 0.29) is 0 Å². The molecule has 2 nitrogen and oxygen atoms in total. The summed E-state index contributed by atoms with van der Waals surface area (Å²) in [6, 6.07) is 0.664. The quantitative estimate of drug-likeness (QED) is 0.689. The van der Waals surface area contributed by atoms with Gasteiger partial charge in [-0.3, -0.25) is 0 Å². The zero-order chi connectivity index (χ0) is 8.39. The Bertz CT molecular complexity index is 139. The van der Waals surface area contributed by atoms with Crippen LogP contribution in [-0.4, -0.2) is 25.3 Å². The lowest BCUT2D eigenvalue weighted by Crippen LogP contribution is -2.41. The van der Waals surface area contributed by atoms with Crippen LogP contribution in [0.25, 0.3) is 0 Å². The van der Waals surface area contributed by atoms with Gasteiger partial charge in [-0.1, -0.05) is 6.92 Å². The van der Waals surface area contributed by atoms with Gasteiger partial charge in [0.1, 0.15) is 0 Å². The molecular formula is C10H19NO. The summed E-state index contributed by atoms with van der Waals surface area (Å²) in [5.41, 5.74) is 0. The third-order valence-electron chi connectivity index (χ3n) is 2.94. The molecule has 2 heteroatoms. The molecule has 0 aromatic heterocycles. The summed E-state index contributed by atoms with van der Waals surface area (Å²) < 4.78 is 5.71. The monoisotopic (exact) mass is 169 g/mol. The van der Waals surface area contributed by atoms with E-state index in [1.807, 2.05) is 0 Å². The Labute approximate surface area is 74.7 Å². The third-order valence-corrected chi connectivity index (χ3v) is 2.94. The SMILES string of the molecule is CCNC(C1CC1)C1CCCO1. The number of rotatable bonds is 4. The van der Waals surface area contributed by atoms with E-state index in [2.05, 4.69) is 12.2 Å². The fourth-order valence-corrected chi connectivity index (χ4v) is 2.18. The van der Waals surface area contributed by atoms with Gasteiger partial charge in [0.05, 0.1) is 6.10 Å². The molecule has 0 aromatic carbocycles. The second kappa shape index (κ2) is 3.75. The van der Waals surface area contributed by atoms with Crippen molar-refractivity contribution in [3.8, 4) is 0 Å². The lowest BCUT2D eigenvalue weighted by atomic mass is 10.0. The first-order valence-electron chi connectivity index (χ1n) is 5.27. The third kappa shape index (κ3) is 1.80. The van der Waals surface area contributed by atoms with E-state index in [9.17, 15) is 0 Å². The summed E-state index contributed by atoms with van der Waals surface area (Å²) in [6.45, 7) is 4.25. The van der Waals surface area contributed by atoms with Crippen molar-refractivity contribution in [1.82, 2.24) is 5.32 Å². The second-order valence-corrected chi connectivity index (χ2v) is 3.97. The van der Waals surface area contributed by atoms with Crippen LogP contribution in [0.2, 0.25) is 0 Å². The molecular weight excluding hydrogens is 150 g/mol. The standard InChI is InChI=1S/C10H19NO/c1-2-11-10(8-5-6-8)9-4-3-7-12-9/h8-11H,2-7H2,1H3. The lowest BCUT2D eigenvalue weighted by Gasteiger charge is -2.23. The van der Waals surface area contributed by atoms with Gasteiger partial charge >= 0.3 is 0 Å². The molecule has 2 rings (SSSR count). The van der Waals surface area contributed by atoms with Crippen LogP contribution in [0.4, 0.5) is 0 Å². The van der Waals surface area contributed by atoms with Gasteiger partial charge in [0.2, 0.25) is 0 Å². The first-order valence-corrected chi connectivity index (χ1v) is 5.27. The van der Waals surface area contributed by atoms with Crippen LogP contribution in [0, 0.1) is 5.92 Å². The predicted octanol–water partition coefficient (Wildman–Crippen LogP) is 1.55. The molecule has 1 N–H and O–H groups in total. The molecule has 0 bridgehead atoms. The van der Waals surface area contributed by atoms with Crippen LogP contribution >= 0.6 is 0 Å². The molecule has 2 unspecified atom stereocenters. The number of hydrogen-bond donors (Lipinski definition) is 1. The van der Waals surface area contributed by atoms with Gasteiger partial charge in [-0.25, -0.2) is 0 Å². The summed E-state index contributed by atoms with van der Waals surface area (Å²) in [7, 11) is 0. The molecule has 1 heterocycles. The van der Waals surface area contributed by atoms with Crippen molar-refractivity contribution in [2.45, 2.75) is 44.8 Å². The second-order valence-electron chi connectivity index (χ2n) is 3.97. The lowest BCUT2D eigenvalue weighted by molar-refractivity contribution is 0.0719. The van der Waals surface area contributed by atoms with Crippen molar-refractivity contribution >= 4 is 0 Å². The van der Waals surface area contributed by atoms with Crippen molar-refractivity contribution in [3.63, 3.8) is 0 Å². The number of ether oxygens (including phenoxy) is 1. The van der Waals surface area contributed by atoms with Gasteiger partial charge in [0.15, 0.2) is 0 Å². The highest BCUT2D eigenvalue weighted by molar-refractivity contribution is 4.92. The van der Waals surface area contributed by atoms with E-state index < -0.39 is 0 Å². The van der Waals surface area contributed by atoms with Crippen LogP contribution in [0.1, 0.15) is 32.6 Å². The Morgan fingerprint density at radius 2 is 2.25 bits per heavy atom. The minimum absolute atomic E-state index is 0.525. The van der Waals surface area contributed by atoms with E-state index in [1.54, 1.807) is 0 Å². The smallest absolute Gasteiger partial charge is 0.0731 e. The summed E-state index contributed by atoms with van der Waals surface area (Å²) in [6.07, 6.45) is 5.89. The molecule has 12 heavy (non-hydrogen) atoms. The van der Waals surface area contributed by atoms with Gasteiger partial charge in [-0.2, -0.15) is 0 Å². The number of hydrogen-bond acceptors (Lipinski definition) is 2. The van der Waals surface area contributed by atoms with Gasteiger partial charge < -0.3 is 10.1 Å². The highest BCUT2D eigenvalue weighted by Gasteiger charge is 2.37. The summed E-state index contributed by atoms with van der Waals surface area (Å²) in [4.78, 5) is 0. The van der Waals surface area contributed by atoms with E-state index in [0.29, 0.717) is 12.1 Å². The fourth-order valence-electron chi connectivity index (χ4n) is 2.18. The maximum atomic E-state index is 5.71. The molecule has 0 radical (unpaired) electrons. The zero-order valence-electron chi connectivity index (χ0n) is 7.88. The Morgan fingerprint density at radius 1 is 1.42 bits per heavy atom. The van der Waals surface area contributed by atoms with Gasteiger partial charge in [0.25, 0.3) is 0 Å². The van der Waals surface area contributed by atoms with Crippen molar-refractivity contribution in [2.75, 3.05) is 13.2 Å². The normalized spacial score (nSPS) is 32.2. The van der Waals surface area contributed by atoms with Crippen LogP contribution in [0.3, 0.4) is 0 Å².